The first-order valence-corrected chi connectivity index (χ1v) is 8.37. The normalized spacial score (nSPS) is 11.6. The summed E-state index contributed by atoms with van der Waals surface area (Å²) >= 11 is 0. The summed E-state index contributed by atoms with van der Waals surface area (Å²) < 4.78 is 5.68. The Balaban J connectivity index is 1.87. The first-order chi connectivity index (χ1) is 12.6. The average Bonchev–Trinajstić information content (AvgIpc) is 2.63. The van der Waals surface area contributed by atoms with Crippen molar-refractivity contribution in [1.29, 1.82) is 0 Å². The number of amides is 1. The fraction of sp³-hybridized carbons (Fsp3) is 0.263. The Bertz CT molecular complexity index is 704. The van der Waals surface area contributed by atoms with Crippen molar-refractivity contribution in [2.45, 2.75) is 18.9 Å². The molecular formula is C19H23N3O4. The van der Waals surface area contributed by atoms with E-state index in [1.165, 1.54) is 0 Å². The van der Waals surface area contributed by atoms with E-state index in [-0.39, 0.29) is 12.3 Å². The lowest BCUT2D eigenvalue weighted by Crippen LogP contribution is -2.40. The Morgan fingerprint density at radius 1 is 1.04 bits per heavy atom. The van der Waals surface area contributed by atoms with Gasteiger partial charge in [-0.3, -0.25) is 9.59 Å². The van der Waals surface area contributed by atoms with Gasteiger partial charge in [0.05, 0.1) is 6.42 Å². The minimum atomic E-state index is -1.07. The zero-order chi connectivity index (χ0) is 18.8. The third-order valence-corrected chi connectivity index (χ3v) is 3.58. The fourth-order valence-electron chi connectivity index (χ4n) is 2.25. The van der Waals surface area contributed by atoms with Gasteiger partial charge in [-0.2, -0.15) is 0 Å². The number of rotatable bonds is 10. The SMILES string of the molecule is NCCCN[C@H](CC(=O)Nc1ccc(Oc2ccccc2)cc1)C(=O)O. The van der Waals surface area contributed by atoms with Gasteiger partial charge < -0.3 is 26.2 Å². The highest BCUT2D eigenvalue weighted by Crippen LogP contribution is 2.22. The van der Waals surface area contributed by atoms with Crippen LogP contribution in [0.2, 0.25) is 0 Å². The molecule has 0 aliphatic carbocycles. The van der Waals surface area contributed by atoms with Crippen LogP contribution in [0.25, 0.3) is 0 Å². The summed E-state index contributed by atoms with van der Waals surface area (Å²) in [4.78, 5) is 23.3. The van der Waals surface area contributed by atoms with Gasteiger partial charge in [0, 0.05) is 5.69 Å². The maximum Gasteiger partial charge on any atom is 0.321 e. The topological polar surface area (TPSA) is 114 Å². The molecule has 0 heterocycles. The smallest absolute Gasteiger partial charge is 0.321 e. The molecule has 0 spiro atoms. The van der Waals surface area contributed by atoms with Crippen molar-refractivity contribution in [2.75, 3.05) is 18.4 Å². The van der Waals surface area contributed by atoms with E-state index < -0.39 is 12.0 Å². The predicted molar refractivity (Wildman–Crippen MR) is 99.3 cm³/mol. The Labute approximate surface area is 152 Å². The van der Waals surface area contributed by atoms with Gasteiger partial charge >= 0.3 is 5.97 Å². The van der Waals surface area contributed by atoms with Gasteiger partial charge in [0.25, 0.3) is 0 Å². The van der Waals surface area contributed by atoms with Gasteiger partial charge in [0.1, 0.15) is 17.5 Å². The van der Waals surface area contributed by atoms with Crippen molar-refractivity contribution in [3.63, 3.8) is 0 Å². The molecule has 2 aromatic carbocycles. The number of aliphatic carboxylic acids is 1. The molecule has 0 radical (unpaired) electrons. The molecule has 0 aliphatic heterocycles. The molecule has 7 heteroatoms. The molecule has 2 rings (SSSR count). The molecule has 0 bridgehead atoms. The number of nitrogens with one attached hydrogen (secondary N) is 2. The number of anilines is 1. The molecule has 0 aromatic heterocycles. The van der Waals surface area contributed by atoms with Crippen molar-refractivity contribution in [2.24, 2.45) is 5.73 Å². The fourth-order valence-corrected chi connectivity index (χ4v) is 2.25. The van der Waals surface area contributed by atoms with Crippen LogP contribution in [0.5, 0.6) is 11.5 Å². The molecule has 1 atom stereocenters. The molecule has 5 N–H and O–H groups in total. The average molecular weight is 357 g/mol. The summed E-state index contributed by atoms with van der Waals surface area (Å²) in [6, 6.07) is 15.3. The van der Waals surface area contributed by atoms with Crippen LogP contribution in [0.3, 0.4) is 0 Å². The Hall–Kier alpha value is -2.90. The van der Waals surface area contributed by atoms with Crippen LogP contribution in [-0.4, -0.2) is 36.1 Å². The van der Waals surface area contributed by atoms with E-state index in [1.54, 1.807) is 24.3 Å². The minimum Gasteiger partial charge on any atom is -0.480 e. The van der Waals surface area contributed by atoms with E-state index in [0.29, 0.717) is 30.9 Å². The number of nitrogens with two attached hydrogens (primary N) is 1. The van der Waals surface area contributed by atoms with Gasteiger partial charge in [0.2, 0.25) is 5.91 Å². The van der Waals surface area contributed by atoms with Crippen LogP contribution >= 0.6 is 0 Å². The van der Waals surface area contributed by atoms with Crippen molar-refractivity contribution in [1.82, 2.24) is 5.32 Å². The highest BCUT2D eigenvalue weighted by molar-refractivity contribution is 5.94. The van der Waals surface area contributed by atoms with E-state index in [4.69, 9.17) is 10.5 Å². The summed E-state index contributed by atoms with van der Waals surface area (Å²) in [6.45, 7) is 0.912. The van der Waals surface area contributed by atoms with E-state index >= 15 is 0 Å². The van der Waals surface area contributed by atoms with Crippen LogP contribution in [0, 0.1) is 0 Å². The van der Waals surface area contributed by atoms with Crippen molar-refractivity contribution < 1.29 is 19.4 Å². The number of carboxylic acids is 1. The molecule has 0 unspecified atom stereocenters. The number of carbonyl (C=O) groups is 2. The Morgan fingerprint density at radius 3 is 2.31 bits per heavy atom. The lowest BCUT2D eigenvalue weighted by Gasteiger charge is -2.14. The number of ether oxygens (including phenoxy) is 1. The second kappa shape index (κ2) is 10.2. The van der Waals surface area contributed by atoms with Crippen molar-refractivity contribution in [3.8, 4) is 11.5 Å². The monoisotopic (exact) mass is 357 g/mol. The summed E-state index contributed by atoms with van der Waals surface area (Å²) in [5.41, 5.74) is 5.95. The number of para-hydroxylation sites is 1. The summed E-state index contributed by atoms with van der Waals surface area (Å²) in [5.74, 6) is -0.0867. The van der Waals surface area contributed by atoms with Crippen LogP contribution in [0.1, 0.15) is 12.8 Å². The summed E-state index contributed by atoms with van der Waals surface area (Å²) in [7, 11) is 0. The van der Waals surface area contributed by atoms with E-state index in [0.717, 1.165) is 5.75 Å². The third-order valence-electron chi connectivity index (χ3n) is 3.58. The molecule has 0 saturated heterocycles. The molecule has 0 fully saturated rings. The quantitative estimate of drug-likeness (QED) is 0.485. The van der Waals surface area contributed by atoms with Crippen LogP contribution in [-0.2, 0) is 9.59 Å². The van der Waals surface area contributed by atoms with Crippen molar-refractivity contribution >= 4 is 17.6 Å². The lowest BCUT2D eigenvalue weighted by molar-refractivity contribution is -0.141. The standard InChI is InChI=1S/C19H23N3O4/c20-11-4-12-21-17(19(24)25)13-18(23)22-14-7-9-16(10-8-14)26-15-5-2-1-3-6-15/h1-3,5-10,17,21H,4,11-13,20H2,(H,22,23)(H,24,25)/t17-/m1/s1. The number of carboxylic acid groups (broad SMARTS) is 1. The van der Waals surface area contributed by atoms with E-state index in [9.17, 15) is 14.7 Å². The largest absolute Gasteiger partial charge is 0.480 e. The molecule has 0 saturated carbocycles. The maximum absolute atomic E-state index is 12.1. The maximum atomic E-state index is 12.1. The molecule has 7 nitrogen and oxygen atoms in total. The second-order valence-electron chi connectivity index (χ2n) is 5.68. The lowest BCUT2D eigenvalue weighted by atomic mass is 10.2. The minimum absolute atomic E-state index is 0.165. The predicted octanol–water partition coefficient (Wildman–Crippen LogP) is 2.20. The summed E-state index contributed by atoms with van der Waals surface area (Å²) in [6.07, 6.45) is 0.483. The molecule has 1 amide bonds. The van der Waals surface area contributed by atoms with Crippen LogP contribution < -0.4 is 21.1 Å². The van der Waals surface area contributed by atoms with E-state index in [1.807, 2.05) is 30.3 Å². The number of hydrogen-bond donors (Lipinski definition) is 4. The molecule has 138 valence electrons. The molecule has 0 aliphatic rings. The van der Waals surface area contributed by atoms with Gasteiger partial charge in [0.15, 0.2) is 0 Å². The number of carbonyl (C=O) groups excluding carboxylic acids is 1. The molecule has 2 aromatic rings. The van der Waals surface area contributed by atoms with Gasteiger partial charge in [-0.1, -0.05) is 18.2 Å². The van der Waals surface area contributed by atoms with E-state index in [2.05, 4.69) is 10.6 Å². The molecular weight excluding hydrogens is 334 g/mol. The third kappa shape index (κ3) is 6.54. The number of benzene rings is 2. The van der Waals surface area contributed by atoms with Crippen LogP contribution in [0.4, 0.5) is 5.69 Å². The highest BCUT2D eigenvalue weighted by atomic mass is 16.5. The molecule has 26 heavy (non-hydrogen) atoms. The van der Waals surface area contributed by atoms with Crippen molar-refractivity contribution in [3.05, 3.63) is 54.6 Å². The van der Waals surface area contributed by atoms with Crippen LogP contribution in [0.15, 0.2) is 54.6 Å². The van der Waals surface area contributed by atoms with Gasteiger partial charge in [-0.25, -0.2) is 0 Å². The first-order valence-electron chi connectivity index (χ1n) is 8.37. The first kappa shape index (κ1) is 19.4. The zero-order valence-electron chi connectivity index (χ0n) is 14.4. The highest BCUT2D eigenvalue weighted by Gasteiger charge is 2.20. The second-order valence-corrected chi connectivity index (χ2v) is 5.68. The Kier molecular flexibility index (Phi) is 7.60. The number of hydrogen-bond acceptors (Lipinski definition) is 5. The summed E-state index contributed by atoms with van der Waals surface area (Å²) in [5, 5.41) is 14.7. The Morgan fingerprint density at radius 2 is 1.69 bits per heavy atom. The van der Waals surface area contributed by atoms with Gasteiger partial charge in [-0.15, -0.1) is 0 Å². The van der Waals surface area contributed by atoms with Gasteiger partial charge in [-0.05, 0) is 55.9 Å². The zero-order valence-corrected chi connectivity index (χ0v) is 14.4.